The van der Waals surface area contributed by atoms with Crippen LogP contribution in [0.1, 0.15) is 31.4 Å². The van der Waals surface area contributed by atoms with Crippen LogP contribution in [-0.4, -0.2) is 25.5 Å². The minimum absolute atomic E-state index is 0.199. The fraction of sp³-hybridized carbons (Fsp3) is 0.462. The first-order chi connectivity index (χ1) is 8.53. The summed E-state index contributed by atoms with van der Waals surface area (Å²) in [5.41, 5.74) is 0.961. The summed E-state index contributed by atoms with van der Waals surface area (Å²) >= 11 is 0. The van der Waals surface area contributed by atoms with E-state index in [1.165, 1.54) is 4.31 Å². The average molecular weight is 266 g/mol. The van der Waals surface area contributed by atoms with Crippen molar-refractivity contribution in [2.45, 2.75) is 25.8 Å². The third-order valence-corrected chi connectivity index (χ3v) is 4.50. The second-order valence-electron chi connectivity index (χ2n) is 4.15. The lowest BCUT2D eigenvalue weighted by Crippen LogP contribution is -2.32. The van der Waals surface area contributed by atoms with Crippen LogP contribution in [0.4, 0.5) is 0 Å². The topological polar surface area (TPSA) is 61.2 Å². The summed E-state index contributed by atoms with van der Waals surface area (Å²) in [5.74, 6) is -0.476. The van der Waals surface area contributed by atoms with Crippen LogP contribution < -0.4 is 0 Å². The summed E-state index contributed by atoms with van der Waals surface area (Å²) in [5, 5.41) is 8.58. The molecule has 5 heteroatoms. The summed E-state index contributed by atoms with van der Waals surface area (Å²) < 4.78 is 25.2. The van der Waals surface area contributed by atoms with E-state index in [2.05, 4.69) is 0 Å². The molecule has 0 fully saturated rings. The summed E-state index contributed by atoms with van der Waals surface area (Å²) in [6.45, 7) is 2.01. The molecule has 0 saturated carbocycles. The van der Waals surface area contributed by atoms with Crippen LogP contribution in [0.5, 0.6) is 0 Å². The molecule has 98 valence electrons. The molecule has 0 aliphatic carbocycles. The fourth-order valence-corrected chi connectivity index (χ4v) is 2.87. The molecule has 0 N–H and O–H groups in total. The zero-order valence-corrected chi connectivity index (χ0v) is 11.5. The van der Waals surface area contributed by atoms with Crippen LogP contribution >= 0.6 is 0 Å². The Bertz CT molecular complexity index is 506. The Hall–Kier alpha value is -1.38. The highest BCUT2D eigenvalue weighted by Crippen LogP contribution is 2.26. The standard InChI is InChI=1S/C13H18N2O2S/c1-3-7-13(12-8-5-4-6-9-12)15(2)18(16,17)11-10-14/h4-6,8-9,13H,3,7,11H2,1-2H3. The number of nitriles is 1. The second-order valence-corrected chi connectivity index (χ2v) is 6.17. The lowest BCUT2D eigenvalue weighted by Gasteiger charge is -2.26. The molecule has 0 radical (unpaired) electrons. The average Bonchev–Trinajstić information content (AvgIpc) is 2.36. The molecule has 0 aromatic heterocycles. The van der Waals surface area contributed by atoms with Gasteiger partial charge in [-0.1, -0.05) is 43.7 Å². The van der Waals surface area contributed by atoms with Crippen LogP contribution in [0.15, 0.2) is 30.3 Å². The zero-order chi connectivity index (χ0) is 13.6. The molecule has 0 amide bonds. The van der Waals surface area contributed by atoms with Gasteiger partial charge in [-0.2, -0.15) is 9.57 Å². The first kappa shape index (κ1) is 14.7. The number of rotatable bonds is 6. The van der Waals surface area contributed by atoms with Gasteiger partial charge in [0.1, 0.15) is 0 Å². The van der Waals surface area contributed by atoms with Crippen LogP contribution in [0.2, 0.25) is 0 Å². The van der Waals surface area contributed by atoms with Gasteiger partial charge in [0.15, 0.2) is 5.75 Å². The Morgan fingerprint density at radius 1 is 1.33 bits per heavy atom. The highest BCUT2D eigenvalue weighted by Gasteiger charge is 2.26. The van der Waals surface area contributed by atoms with Gasteiger partial charge in [-0.15, -0.1) is 0 Å². The molecule has 1 rings (SSSR count). The third kappa shape index (κ3) is 3.56. The lowest BCUT2D eigenvalue weighted by molar-refractivity contribution is 0.356. The number of hydrogen-bond donors (Lipinski definition) is 0. The molecule has 1 unspecified atom stereocenters. The maximum atomic E-state index is 11.9. The van der Waals surface area contributed by atoms with Crippen LogP contribution in [0.25, 0.3) is 0 Å². The van der Waals surface area contributed by atoms with Gasteiger partial charge < -0.3 is 0 Å². The van der Waals surface area contributed by atoms with Crippen molar-refractivity contribution in [3.05, 3.63) is 35.9 Å². The maximum absolute atomic E-state index is 11.9. The quantitative estimate of drug-likeness (QED) is 0.793. The van der Waals surface area contributed by atoms with Crippen LogP contribution in [-0.2, 0) is 10.0 Å². The van der Waals surface area contributed by atoms with Crippen LogP contribution in [0.3, 0.4) is 0 Å². The van der Waals surface area contributed by atoms with E-state index >= 15 is 0 Å². The molecule has 0 spiro atoms. The smallest absolute Gasteiger partial charge is 0.211 e. The molecule has 0 bridgehead atoms. The van der Waals surface area contributed by atoms with Crippen molar-refractivity contribution >= 4 is 10.0 Å². The second kappa shape index (κ2) is 6.53. The van der Waals surface area contributed by atoms with Crippen LogP contribution in [0, 0.1) is 11.3 Å². The van der Waals surface area contributed by atoms with E-state index in [1.54, 1.807) is 13.1 Å². The molecule has 0 aliphatic rings. The van der Waals surface area contributed by atoms with E-state index in [4.69, 9.17) is 5.26 Å². The van der Waals surface area contributed by atoms with Crippen molar-refractivity contribution < 1.29 is 8.42 Å². The van der Waals surface area contributed by atoms with Gasteiger partial charge in [0.2, 0.25) is 10.0 Å². The molecular weight excluding hydrogens is 248 g/mol. The predicted molar refractivity (Wildman–Crippen MR) is 71.3 cm³/mol. The summed E-state index contributed by atoms with van der Waals surface area (Å²) in [7, 11) is -1.97. The maximum Gasteiger partial charge on any atom is 0.227 e. The normalized spacial score (nSPS) is 13.2. The van der Waals surface area contributed by atoms with Gasteiger partial charge in [0.25, 0.3) is 0 Å². The minimum atomic E-state index is -3.51. The molecule has 0 aliphatic heterocycles. The van der Waals surface area contributed by atoms with Gasteiger partial charge in [0, 0.05) is 13.1 Å². The lowest BCUT2D eigenvalue weighted by atomic mass is 10.0. The highest BCUT2D eigenvalue weighted by atomic mass is 32.2. The van der Waals surface area contributed by atoms with E-state index in [1.807, 2.05) is 37.3 Å². The molecule has 1 atom stereocenters. The number of sulfonamides is 1. The third-order valence-electron chi connectivity index (χ3n) is 2.87. The van der Waals surface area contributed by atoms with E-state index in [0.717, 1.165) is 18.4 Å². The van der Waals surface area contributed by atoms with Gasteiger partial charge >= 0.3 is 0 Å². The van der Waals surface area contributed by atoms with Gasteiger partial charge in [0.05, 0.1) is 6.07 Å². The fourth-order valence-electron chi connectivity index (χ4n) is 1.88. The molecular formula is C13H18N2O2S. The van der Waals surface area contributed by atoms with Gasteiger partial charge in [-0.05, 0) is 12.0 Å². The van der Waals surface area contributed by atoms with Gasteiger partial charge in [-0.3, -0.25) is 0 Å². The minimum Gasteiger partial charge on any atom is -0.211 e. The van der Waals surface area contributed by atoms with E-state index in [0.29, 0.717) is 0 Å². The zero-order valence-electron chi connectivity index (χ0n) is 10.7. The Morgan fingerprint density at radius 2 is 1.94 bits per heavy atom. The number of benzene rings is 1. The Morgan fingerprint density at radius 3 is 2.44 bits per heavy atom. The molecule has 0 saturated heterocycles. The molecule has 18 heavy (non-hydrogen) atoms. The SMILES string of the molecule is CCCC(c1ccccc1)N(C)S(=O)(=O)CC#N. The molecule has 1 aromatic carbocycles. The Labute approximate surface area is 109 Å². The van der Waals surface area contributed by atoms with Gasteiger partial charge in [-0.25, -0.2) is 8.42 Å². The molecule has 4 nitrogen and oxygen atoms in total. The van der Waals surface area contributed by atoms with Crippen molar-refractivity contribution in [2.24, 2.45) is 0 Å². The van der Waals surface area contributed by atoms with Crippen molar-refractivity contribution in [1.29, 1.82) is 5.26 Å². The molecule has 1 aromatic rings. The first-order valence-electron chi connectivity index (χ1n) is 5.90. The van der Waals surface area contributed by atoms with Crippen molar-refractivity contribution in [1.82, 2.24) is 4.31 Å². The number of nitrogens with zero attached hydrogens (tertiary/aromatic N) is 2. The predicted octanol–water partition coefficient (Wildman–Crippen LogP) is 2.31. The molecule has 0 heterocycles. The van der Waals surface area contributed by atoms with E-state index in [9.17, 15) is 8.42 Å². The summed E-state index contributed by atoms with van der Waals surface area (Å²) in [4.78, 5) is 0. The van der Waals surface area contributed by atoms with Crippen molar-refractivity contribution in [3.63, 3.8) is 0 Å². The van der Waals surface area contributed by atoms with Crippen molar-refractivity contribution in [3.8, 4) is 6.07 Å². The van der Waals surface area contributed by atoms with E-state index in [-0.39, 0.29) is 6.04 Å². The number of hydrogen-bond acceptors (Lipinski definition) is 3. The van der Waals surface area contributed by atoms with E-state index < -0.39 is 15.8 Å². The van der Waals surface area contributed by atoms with Crippen molar-refractivity contribution in [2.75, 3.05) is 12.8 Å². The highest BCUT2D eigenvalue weighted by molar-refractivity contribution is 7.89. The Balaban J connectivity index is 3.04. The largest absolute Gasteiger partial charge is 0.227 e. The Kier molecular flexibility index (Phi) is 5.32. The first-order valence-corrected chi connectivity index (χ1v) is 7.51. The summed E-state index contributed by atoms with van der Waals surface area (Å²) in [6.07, 6.45) is 1.62. The summed E-state index contributed by atoms with van der Waals surface area (Å²) in [6, 6.07) is 11.0. The monoisotopic (exact) mass is 266 g/mol.